The van der Waals surface area contributed by atoms with Gasteiger partial charge in [-0.25, -0.2) is 13.1 Å². The Morgan fingerprint density at radius 3 is 2.70 bits per heavy atom. The Bertz CT molecular complexity index is 682. The molecule has 2 aromatic rings. The van der Waals surface area contributed by atoms with Gasteiger partial charge in [-0.1, -0.05) is 15.9 Å². The summed E-state index contributed by atoms with van der Waals surface area (Å²) in [5, 5.41) is 0. The van der Waals surface area contributed by atoms with Gasteiger partial charge in [0.1, 0.15) is 16.4 Å². The van der Waals surface area contributed by atoms with Gasteiger partial charge in [0.25, 0.3) is 0 Å². The summed E-state index contributed by atoms with van der Waals surface area (Å²) in [5.74, 6) is 0.829. The van der Waals surface area contributed by atoms with Crippen molar-refractivity contribution in [3.63, 3.8) is 0 Å². The lowest BCUT2D eigenvalue weighted by molar-refractivity contribution is 0.401. The van der Waals surface area contributed by atoms with Crippen LogP contribution in [0.4, 0.5) is 0 Å². The van der Waals surface area contributed by atoms with E-state index in [1.165, 1.54) is 19.4 Å². The molecular formula is C13H14BrNO4S. The van der Waals surface area contributed by atoms with Gasteiger partial charge in [0.05, 0.1) is 19.4 Å². The van der Waals surface area contributed by atoms with Crippen molar-refractivity contribution in [2.45, 2.75) is 17.9 Å². The molecule has 20 heavy (non-hydrogen) atoms. The number of rotatable bonds is 5. The molecule has 108 valence electrons. The monoisotopic (exact) mass is 359 g/mol. The van der Waals surface area contributed by atoms with Gasteiger partial charge in [-0.2, -0.15) is 0 Å². The summed E-state index contributed by atoms with van der Waals surface area (Å²) in [5.41, 5.74) is 0. The molecule has 0 saturated carbocycles. The largest absolute Gasteiger partial charge is 0.495 e. The Labute approximate surface area is 126 Å². The standard InChI is InChI=1S/C13H14BrNO4S/c1-9(11-4-3-7-19-11)15-20(16,17)13-8-10(14)5-6-12(13)18-2/h3-9,15H,1-2H3/t9-/m0/s1. The van der Waals surface area contributed by atoms with Gasteiger partial charge >= 0.3 is 0 Å². The molecule has 0 aliphatic rings. The van der Waals surface area contributed by atoms with E-state index in [4.69, 9.17) is 9.15 Å². The van der Waals surface area contributed by atoms with E-state index < -0.39 is 16.1 Å². The van der Waals surface area contributed by atoms with E-state index >= 15 is 0 Å². The predicted octanol–water partition coefficient (Wildman–Crippen LogP) is 3.09. The molecule has 1 aromatic heterocycles. The summed E-state index contributed by atoms with van der Waals surface area (Å²) in [4.78, 5) is 0.0766. The van der Waals surface area contributed by atoms with Crippen molar-refractivity contribution >= 4 is 26.0 Å². The van der Waals surface area contributed by atoms with Crippen LogP contribution in [0.25, 0.3) is 0 Å². The first kappa shape index (κ1) is 15.1. The smallest absolute Gasteiger partial charge is 0.244 e. The van der Waals surface area contributed by atoms with Gasteiger partial charge in [0.2, 0.25) is 10.0 Å². The van der Waals surface area contributed by atoms with Crippen LogP contribution < -0.4 is 9.46 Å². The Balaban J connectivity index is 2.33. The number of sulfonamides is 1. The fourth-order valence-electron chi connectivity index (χ4n) is 1.75. The molecular weight excluding hydrogens is 346 g/mol. The molecule has 1 heterocycles. The minimum atomic E-state index is -3.72. The van der Waals surface area contributed by atoms with Crippen molar-refractivity contribution in [3.05, 3.63) is 46.8 Å². The first-order chi connectivity index (χ1) is 9.44. The van der Waals surface area contributed by atoms with Crippen molar-refractivity contribution in [1.82, 2.24) is 4.72 Å². The highest BCUT2D eigenvalue weighted by atomic mass is 79.9. The topological polar surface area (TPSA) is 68.5 Å². The average molecular weight is 360 g/mol. The number of nitrogens with one attached hydrogen (secondary N) is 1. The minimum absolute atomic E-state index is 0.0766. The highest BCUT2D eigenvalue weighted by molar-refractivity contribution is 9.10. The summed E-state index contributed by atoms with van der Waals surface area (Å²) >= 11 is 3.26. The third-order valence-electron chi connectivity index (χ3n) is 2.72. The molecule has 1 aromatic carbocycles. The summed E-state index contributed by atoms with van der Waals surface area (Å²) in [6.07, 6.45) is 1.50. The molecule has 0 amide bonds. The quantitative estimate of drug-likeness (QED) is 0.890. The lowest BCUT2D eigenvalue weighted by Crippen LogP contribution is -2.27. The van der Waals surface area contributed by atoms with Crippen LogP contribution in [-0.2, 0) is 10.0 Å². The fraction of sp³-hybridized carbons (Fsp3) is 0.231. The molecule has 2 rings (SSSR count). The van der Waals surface area contributed by atoms with Crippen molar-refractivity contribution in [2.75, 3.05) is 7.11 Å². The SMILES string of the molecule is COc1ccc(Br)cc1S(=O)(=O)N[C@@H](C)c1ccco1. The lowest BCUT2D eigenvalue weighted by atomic mass is 10.3. The van der Waals surface area contributed by atoms with E-state index in [2.05, 4.69) is 20.7 Å². The maximum atomic E-state index is 12.4. The normalized spacial score (nSPS) is 13.2. The summed E-state index contributed by atoms with van der Waals surface area (Å²) in [6, 6.07) is 7.75. The molecule has 0 aliphatic carbocycles. The van der Waals surface area contributed by atoms with Crippen LogP contribution in [0.3, 0.4) is 0 Å². The maximum Gasteiger partial charge on any atom is 0.244 e. The van der Waals surface area contributed by atoms with Crippen LogP contribution >= 0.6 is 15.9 Å². The number of hydrogen-bond donors (Lipinski definition) is 1. The first-order valence-corrected chi connectivity index (χ1v) is 8.11. The third kappa shape index (κ3) is 3.23. The number of halogens is 1. The summed E-state index contributed by atoms with van der Waals surface area (Å²) in [6.45, 7) is 1.71. The molecule has 0 spiro atoms. The first-order valence-electron chi connectivity index (χ1n) is 5.83. The Kier molecular flexibility index (Phi) is 4.52. The molecule has 0 unspecified atom stereocenters. The second-order valence-corrected chi connectivity index (χ2v) is 6.75. The molecule has 0 bridgehead atoms. The molecule has 1 atom stereocenters. The van der Waals surface area contributed by atoms with Crippen molar-refractivity contribution in [2.24, 2.45) is 0 Å². The molecule has 0 fully saturated rings. The minimum Gasteiger partial charge on any atom is -0.495 e. The lowest BCUT2D eigenvalue weighted by Gasteiger charge is -2.14. The number of ether oxygens (including phenoxy) is 1. The van der Waals surface area contributed by atoms with E-state index in [1.54, 1.807) is 31.2 Å². The second kappa shape index (κ2) is 5.99. The molecule has 0 saturated heterocycles. The van der Waals surface area contributed by atoms with E-state index in [9.17, 15) is 8.42 Å². The fourth-order valence-corrected chi connectivity index (χ4v) is 3.67. The van der Waals surface area contributed by atoms with E-state index in [0.717, 1.165) is 0 Å². The zero-order valence-electron chi connectivity index (χ0n) is 11.0. The van der Waals surface area contributed by atoms with Crippen LogP contribution in [0.15, 0.2) is 50.4 Å². The zero-order valence-corrected chi connectivity index (χ0v) is 13.4. The molecule has 7 heteroatoms. The number of benzene rings is 1. The van der Waals surface area contributed by atoms with Gasteiger partial charge in [-0.3, -0.25) is 0 Å². The van der Waals surface area contributed by atoms with Gasteiger partial charge in [0.15, 0.2) is 0 Å². The number of furan rings is 1. The second-order valence-electron chi connectivity index (χ2n) is 4.15. The van der Waals surface area contributed by atoms with E-state index in [1.807, 2.05) is 0 Å². The molecule has 0 aliphatic heterocycles. The van der Waals surface area contributed by atoms with Gasteiger partial charge in [0, 0.05) is 4.47 Å². The molecule has 5 nitrogen and oxygen atoms in total. The van der Waals surface area contributed by atoms with Gasteiger partial charge < -0.3 is 9.15 Å². The van der Waals surface area contributed by atoms with Crippen LogP contribution in [0.2, 0.25) is 0 Å². The Hall–Kier alpha value is -1.31. The average Bonchev–Trinajstić information content (AvgIpc) is 2.92. The maximum absolute atomic E-state index is 12.4. The van der Waals surface area contributed by atoms with Crippen LogP contribution in [0.5, 0.6) is 5.75 Å². The van der Waals surface area contributed by atoms with Crippen LogP contribution in [0.1, 0.15) is 18.7 Å². The molecule has 1 N–H and O–H groups in total. The Morgan fingerprint density at radius 1 is 1.35 bits per heavy atom. The summed E-state index contributed by atoms with van der Waals surface area (Å²) < 4.78 is 38.3. The van der Waals surface area contributed by atoms with Crippen molar-refractivity contribution < 1.29 is 17.6 Å². The van der Waals surface area contributed by atoms with Crippen LogP contribution in [0, 0.1) is 0 Å². The number of methoxy groups -OCH3 is 1. The van der Waals surface area contributed by atoms with Crippen LogP contribution in [-0.4, -0.2) is 15.5 Å². The highest BCUT2D eigenvalue weighted by Gasteiger charge is 2.23. The van der Waals surface area contributed by atoms with Gasteiger partial charge in [-0.15, -0.1) is 0 Å². The third-order valence-corrected chi connectivity index (χ3v) is 4.77. The highest BCUT2D eigenvalue weighted by Crippen LogP contribution is 2.28. The van der Waals surface area contributed by atoms with Gasteiger partial charge in [-0.05, 0) is 37.3 Å². The Morgan fingerprint density at radius 2 is 2.10 bits per heavy atom. The van der Waals surface area contributed by atoms with Crippen molar-refractivity contribution in [1.29, 1.82) is 0 Å². The molecule has 0 radical (unpaired) electrons. The van der Waals surface area contributed by atoms with E-state index in [-0.39, 0.29) is 10.6 Å². The predicted molar refractivity (Wildman–Crippen MR) is 78.1 cm³/mol. The van der Waals surface area contributed by atoms with Crippen molar-refractivity contribution in [3.8, 4) is 5.75 Å². The zero-order chi connectivity index (χ0) is 14.8. The summed E-state index contributed by atoms with van der Waals surface area (Å²) in [7, 11) is -2.29. The number of hydrogen-bond acceptors (Lipinski definition) is 4. The van der Waals surface area contributed by atoms with E-state index in [0.29, 0.717) is 10.2 Å².